The van der Waals surface area contributed by atoms with Crippen molar-refractivity contribution in [2.75, 3.05) is 18.2 Å². The number of nitrogens with one attached hydrogen (secondary N) is 1. The van der Waals surface area contributed by atoms with Crippen molar-refractivity contribution in [1.29, 1.82) is 5.26 Å². The van der Waals surface area contributed by atoms with E-state index in [0.29, 0.717) is 16.3 Å². The number of anilines is 1. The van der Waals surface area contributed by atoms with E-state index < -0.39 is 4.92 Å². The van der Waals surface area contributed by atoms with Gasteiger partial charge >= 0.3 is 5.69 Å². The molecule has 0 aliphatic heterocycles. The zero-order chi connectivity index (χ0) is 19.3. The molecule has 9 heteroatoms. The Hall–Kier alpha value is -2.57. The zero-order valence-electron chi connectivity index (χ0n) is 14.5. The number of thiophene rings is 1. The second kappa shape index (κ2) is 8.69. The second-order valence-electron chi connectivity index (χ2n) is 5.40. The van der Waals surface area contributed by atoms with Crippen LogP contribution in [0.1, 0.15) is 21.6 Å². The summed E-state index contributed by atoms with van der Waals surface area (Å²) in [5.74, 6) is 0.622. The van der Waals surface area contributed by atoms with Crippen LogP contribution in [-0.2, 0) is 10.5 Å². The lowest BCUT2D eigenvalue weighted by atomic mass is 10.2. The average molecular weight is 391 g/mol. The Morgan fingerprint density at radius 3 is 2.81 bits per heavy atom. The summed E-state index contributed by atoms with van der Waals surface area (Å²) in [6.07, 6.45) is 0. The van der Waals surface area contributed by atoms with Gasteiger partial charge in [-0.3, -0.25) is 14.9 Å². The molecule has 0 unspecified atom stereocenters. The molecule has 0 aliphatic carbocycles. The van der Waals surface area contributed by atoms with Crippen molar-refractivity contribution in [3.8, 4) is 11.8 Å². The van der Waals surface area contributed by atoms with Gasteiger partial charge in [-0.25, -0.2) is 0 Å². The number of carbonyl (C=O) groups excluding carboxylic acids is 1. The Kier molecular flexibility index (Phi) is 6.60. The van der Waals surface area contributed by atoms with Crippen molar-refractivity contribution < 1.29 is 14.5 Å². The number of rotatable bonds is 7. The van der Waals surface area contributed by atoms with Gasteiger partial charge in [0.2, 0.25) is 5.91 Å². The average Bonchev–Trinajstić information content (AvgIpc) is 2.87. The maximum Gasteiger partial charge on any atom is 0.311 e. The molecule has 0 fully saturated rings. The third-order valence-electron chi connectivity index (χ3n) is 3.69. The number of aryl methyl sites for hydroxylation is 1. The minimum Gasteiger partial charge on any atom is -0.490 e. The lowest BCUT2D eigenvalue weighted by Crippen LogP contribution is -2.14. The fourth-order valence-electron chi connectivity index (χ4n) is 2.24. The van der Waals surface area contributed by atoms with E-state index in [9.17, 15) is 20.2 Å². The largest absolute Gasteiger partial charge is 0.490 e. The Labute approximate surface area is 159 Å². The molecule has 2 aromatic rings. The lowest BCUT2D eigenvalue weighted by Gasteiger charge is -2.06. The minimum absolute atomic E-state index is 0.0988. The summed E-state index contributed by atoms with van der Waals surface area (Å²) >= 11 is 2.72. The fourth-order valence-corrected chi connectivity index (χ4v) is 4.04. The van der Waals surface area contributed by atoms with Crippen molar-refractivity contribution in [3.05, 3.63) is 49.9 Å². The number of nitriles is 1. The van der Waals surface area contributed by atoms with Crippen LogP contribution in [0.5, 0.6) is 5.75 Å². The topological polar surface area (TPSA) is 105 Å². The molecular weight excluding hydrogens is 374 g/mol. The Bertz CT molecular complexity index is 887. The van der Waals surface area contributed by atoms with E-state index in [1.807, 2.05) is 13.8 Å². The smallest absolute Gasteiger partial charge is 0.311 e. The molecule has 136 valence electrons. The highest BCUT2D eigenvalue weighted by molar-refractivity contribution is 7.99. The van der Waals surface area contributed by atoms with Crippen molar-refractivity contribution >= 4 is 39.7 Å². The lowest BCUT2D eigenvalue weighted by molar-refractivity contribution is -0.385. The van der Waals surface area contributed by atoms with Gasteiger partial charge in [0, 0.05) is 16.7 Å². The number of amides is 1. The highest BCUT2D eigenvalue weighted by Crippen LogP contribution is 2.32. The molecule has 26 heavy (non-hydrogen) atoms. The van der Waals surface area contributed by atoms with Crippen LogP contribution in [0.3, 0.4) is 0 Å². The number of carbonyl (C=O) groups is 1. The van der Waals surface area contributed by atoms with Crippen LogP contribution in [0.25, 0.3) is 0 Å². The number of hydrogen-bond acceptors (Lipinski definition) is 7. The van der Waals surface area contributed by atoms with E-state index in [1.165, 1.54) is 36.3 Å². The first kappa shape index (κ1) is 19.8. The summed E-state index contributed by atoms with van der Waals surface area (Å²) in [5, 5.41) is 23.6. The van der Waals surface area contributed by atoms with Gasteiger partial charge in [0.1, 0.15) is 11.1 Å². The summed E-state index contributed by atoms with van der Waals surface area (Å²) < 4.78 is 4.97. The normalized spacial score (nSPS) is 10.2. The minimum atomic E-state index is -0.495. The van der Waals surface area contributed by atoms with Crippen LogP contribution in [0.4, 0.5) is 10.7 Å². The molecule has 0 aliphatic rings. The Morgan fingerprint density at radius 2 is 2.19 bits per heavy atom. The van der Waals surface area contributed by atoms with E-state index >= 15 is 0 Å². The number of thioether (sulfide) groups is 1. The van der Waals surface area contributed by atoms with Crippen LogP contribution < -0.4 is 10.1 Å². The van der Waals surface area contributed by atoms with E-state index in [-0.39, 0.29) is 23.1 Å². The summed E-state index contributed by atoms with van der Waals surface area (Å²) in [6.45, 7) is 3.76. The number of benzene rings is 1. The highest BCUT2D eigenvalue weighted by atomic mass is 32.2. The zero-order valence-corrected chi connectivity index (χ0v) is 16.1. The Balaban J connectivity index is 1.95. The quantitative estimate of drug-likeness (QED) is 0.564. The van der Waals surface area contributed by atoms with Crippen molar-refractivity contribution in [1.82, 2.24) is 0 Å². The second-order valence-corrected chi connectivity index (χ2v) is 7.61. The highest BCUT2D eigenvalue weighted by Gasteiger charge is 2.16. The first-order valence-corrected chi connectivity index (χ1v) is 9.53. The van der Waals surface area contributed by atoms with Crippen molar-refractivity contribution in [3.63, 3.8) is 0 Å². The SMILES string of the molecule is COc1ccc(CSCC(=O)Nc2sc(C)c(C)c2C#N)cc1[N+](=O)[O-]. The molecule has 0 saturated carbocycles. The van der Waals surface area contributed by atoms with Crippen LogP contribution in [-0.4, -0.2) is 23.7 Å². The van der Waals surface area contributed by atoms with Crippen molar-refractivity contribution in [2.45, 2.75) is 19.6 Å². The molecule has 1 heterocycles. The molecule has 1 aromatic carbocycles. The van der Waals surface area contributed by atoms with Gasteiger partial charge in [-0.05, 0) is 31.0 Å². The molecule has 0 saturated heterocycles. The van der Waals surface area contributed by atoms with E-state index in [0.717, 1.165) is 16.0 Å². The van der Waals surface area contributed by atoms with Gasteiger partial charge in [0.05, 0.1) is 23.3 Å². The molecule has 2 rings (SSSR count). The van der Waals surface area contributed by atoms with E-state index in [1.54, 1.807) is 12.1 Å². The van der Waals surface area contributed by atoms with Crippen molar-refractivity contribution in [2.24, 2.45) is 0 Å². The summed E-state index contributed by atoms with van der Waals surface area (Å²) in [5.41, 5.74) is 2.01. The molecular formula is C17H17N3O4S2. The number of ether oxygens (including phenoxy) is 1. The molecule has 0 spiro atoms. The number of methoxy groups -OCH3 is 1. The molecule has 1 aromatic heterocycles. The standard InChI is InChI=1S/C17H17N3O4S2/c1-10-11(2)26-17(13(10)7-18)19-16(21)9-25-8-12-4-5-15(24-3)14(6-12)20(22)23/h4-6H,8-9H2,1-3H3,(H,19,21). The molecule has 0 atom stereocenters. The molecule has 1 amide bonds. The summed E-state index contributed by atoms with van der Waals surface area (Å²) in [4.78, 5) is 23.6. The van der Waals surface area contributed by atoms with Gasteiger partial charge in [-0.1, -0.05) is 6.07 Å². The molecule has 7 nitrogen and oxygen atoms in total. The maximum absolute atomic E-state index is 12.1. The number of nitrogens with zero attached hydrogens (tertiary/aromatic N) is 2. The third-order valence-corrected chi connectivity index (χ3v) is 5.82. The number of nitro benzene ring substituents is 1. The molecule has 1 N–H and O–H groups in total. The van der Waals surface area contributed by atoms with Crippen LogP contribution in [0.15, 0.2) is 18.2 Å². The Morgan fingerprint density at radius 1 is 1.46 bits per heavy atom. The van der Waals surface area contributed by atoms with Gasteiger partial charge in [-0.2, -0.15) is 5.26 Å². The monoisotopic (exact) mass is 391 g/mol. The first-order chi connectivity index (χ1) is 12.4. The summed E-state index contributed by atoms with van der Waals surface area (Å²) in [7, 11) is 1.38. The first-order valence-electron chi connectivity index (χ1n) is 7.56. The van der Waals surface area contributed by atoms with Gasteiger partial charge < -0.3 is 10.1 Å². The number of nitro groups is 1. The summed E-state index contributed by atoms with van der Waals surface area (Å²) in [6, 6.07) is 6.84. The van der Waals surface area contributed by atoms with Crippen LogP contribution in [0.2, 0.25) is 0 Å². The van der Waals surface area contributed by atoms with E-state index in [2.05, 4.69) is 11.4 Å². The molecule has 0 bridgehead atoms. The van der Waals surface area contributed by atoms with Gasteiger partial charge in [-0.15, -0.1) is 23.1 Å². The predicted octanol–water partition coefficient (Wildman–Crippen LogP) is 4.03. The predicted molar refractivity (Wildman–Crippen MR) is 103 cm³/mol. The maximum atomic E-state index is 12.1. The van der Waals surface area contributed by atoms with Crippen LogP contribution in [0, 0.1) is 35.3 Å². The van der Waals surface area contributed by atoms with Gasteiger partial charge in [0.25, 0.3) is 0 Å². The van der Waals surface area contributed by atoms with Gasteiger partial charge in [0.15, 0.2) is 5.75 Å². The van der Waals surface area contributed by atoms with E-state index in [4.69, 9.17) is 4.74 Å². The third kappa shape index (κ3) is 4.53. The van der Waals surface area contributed by atoms with Crippen LogP contribution >= 0.6 is 23.1 Å². The molecule has 0 radical (unpaired) electrons. The number of hydrogen-bond donors (Lipinski definition) is 1. The fraction of sp³-hybridized carbons (Fsp3) is 0.294.